The highest BCUT2D eigenvalue weighted by Crippen LogP contribution is 2.49. The lowest BCUT2D eigenvalue weighted by Crippen LogP contribution is -2.29. The lowest BCUT2D eigenvalue weighted by atomic mass is 9.72. The standard InChI is InChI=1S/C11H20O/c1-12-10-5-4-8-11(9-10)6-2-3-7-11/h10H,2-9H2,1H3. The van der Waals surface area contributed by atoms with Crippen molar-refractivity contribution in [3.63, 3.8) is 0 Å². The lowest BCUT2D eigenvalue weighted by molar-refractivity contribution is 0.0145. The fourth-order valence-electron chi connectivity index (χ4n) is 3.17. The van der Waals surface area contributed by atoms with Gasteiger partial charge in [-0.3, -0.25) is 0 Å². The van der Waals surface area contributed by atoms with Crippen molar-refractivity contribution >= 4 is 0 Å². The molecule has 70 valence electrons. The van der Waals surface area contributed by atoms with Crippen LogP contribution in [-0.2, 0) is 4.74 Å². The van der Waals surface area contributed by atoms with Gasteiger partial charge in [0.15, 0.2) is 0 Å². The molecule has 12 heavy (non-hydrogen) atoms. The van der Waals surface area contributed by atoms with Crippen molar-refractivity contribution in [2.75, 3.05) is 7.11 Å². The molecule has 0 bridgehead atoms. The zero-order chi connectivity index (χ0) is 8.44. The van der Waals surface area contributed by atoms with Gasteiger partial charge >= 0.3 is 0 Å². The first-order chi connectivity index (χ1) is 5.85. The van der Waals surface area contributed by atoms with Crippen molar-refractivity contribution < 1.29 is 4.74 Å². The number of hydrogen-bond acceptors (Lipinski definition) is 1. The molecule has 2 saturated carbocycles. The van der Waals surface area contributed by atoms with E-state index in [1.807, 2.05) is 7.11 Å². The number of ether oxygens (including phenoxy) is 1. The van der Waals surface area contributed by atoms with Crippen LogP contribution >= 0.6 is 0 Å². The summed E-state index contributed by atoms with van der Waals surface area (Å²) in [6.45, 7) is 0. The second kappa shape index (κ2) is 3.37. The van der Waals surface area contributed by atoms with Crippen LogP contribution in [0, 0.1) is 5.41 Å². The Kier molecular flexibility index (Phi) is 2.40. The molecule has 1 unspecified atom stereocenters. The quantitative estimate of drug-likeness (QED) is 0.584. The van der Waals surface area contributed by atoms with Crippen LogP contribution in [0.5, 0.6) is 0 Å². The third kappa shape index (κ3) is 1.52. The maximum Gasteiger partial charge on any atom is 0.0576 e. The zero-order valence-corrected chi connectivity index (χ0v) is 8.14. The average molecular weight is 168 g/mol. The maximum atomic E-state index is 5.48. The van der Waals surface area contributed by atoms with E-state index in [4.69, 9.17) is 4.74 Å². The van der Waals surface area contributed by atoms with Crippen molar-refractivity contribution in [2.24, 2.45) is 5.41 Å². The number of hydrogen-bond donors (Lipinski definition) is 0. The molecule has 0 N–H and O–H groups in total. The minimum absolute atomic E-state index is 0.580. The summed E-state index contributed by atoms with van der Waals surface area (Å²) in [5.74, 6) is 0. The second-order valence-electron chi connectivity index (χ2n) is 4.66. The normalized spacial score (nSPS) is 34.2. The zero-order valence-electron chi connectivity index (χ0n) is 8.14. The molecule has 2 rings (SSSR count). The topological polar surface area (TPSA) is 9.23 Å². The van der Waals surface area contributed by atoms with E-state index >= 15 is 0 Å². The highest BCUT2D eigenvalue weighted by molar-refractivity contribution is 4.90. The van der Waals surface area contributed by atoms with Crippen molar-refractivity contribution in [3.05, 3.63) is 0 Å². The summed E-state index contributed by atoms with van der Waals surface area (Å²) in [6, 6.07) is 0. The van der Waals surface area contributed by atoms with Gasteiger partial charge in [-0.25, -0.2) is 0 Å². The van der Waals surface area contributed by atoms with Crippen LogP contribution in [0.2, 0.25) is 0 Å². The summed E-state index contributed by atoms with van der Waals surface area (Å²) in [7, 11) is 1.87. The van der Waals surface area contributed by atoms with Gasteiger partial charge in [0.1, 0.15) is 0 Å². The van der Waals surface area contributed by atoms with Gasteiger partial charge in [0.05, 0.1) is 6.10 Å². The first-order valence-corrected chi connectivity index (χ1v) is 5.37. The third-order valence-electron chi connectivity index (χ3n) is 3.89. The summed E-state index contributed by atoms with van der Waals surface area (Å²) >= 11 is 0. The second-order valence-corrected chi connectivity index (χ2v) is 4.66. The molecule has 0 aromatic heterocycles. The summed E-state index contributed by atoms with van der Waals surface area (Å²) in [5, 5.41) is 0. The van der Waals surface area contributed by atoms with Gasteiger partial charge in [-0.05, 0) is 37.5 Å². The van der Waals surface area contributed by atoms with Gasteiger partial charge in [0.2, 0.25) is 0 Å². The van der Waals surface area contributed by atoms with Gasteiger partial charge in [-0.1, -0.05) is 19.3 Å². The van der Waals surface area contributed by atoms with E-state index in [1.54, 1.807) is 0 Å². The van der Waals surface area contributed by atoms with E-state index in [1.165, 1.54) is 51.4 Å². The fourth-order valence-corrected chi connectivity index (χ4v) is 3.17. The van der Waals surface area contributed by atoms with Crippen molar-refractivity contribution in [1.29, 1.82) is 0 Å². The Morgan fingerprint density at radius 3 is 2.42 bits per heavy atom. The van der Waals surface area contributed by atoms with Crippen LogP contribution in [0.3, 0.4) is 0 Å². The van der Waals surface area contributed by atoms with E-state index in [9.17, 15) is 0 Å². The molecule has 1 spiro atoms. The maximum absolute atomic E-state index is 5.48. The monoisotopic (exact) mass is 168 g/mol. The molecule has 1 heteroatoms. The van der Waals surface area contributed by atoms with Gasteiger partial charge < -0.3 is 4.74 Å². The summed E-state index contributed by atoms with van der Waals surface area (Å²) in [5.41, 5.74) is 0.721. The minimum Gasteiger partial charge on any atom is -0.381 e. The number of rotatable bonds is 1. The Bertz CT molecular complexity index is 147. The first kappa shape index (κ1) is 8.55. The van der Waals surface area contributed by atoms with E-state index < -0.39 is 0 Å². The van der Waals surface area contributed by atoms with E-state index in [-0.39, 0.29) is 0 Å². The summed E-state index contributed by atoms with van der Waals surface area (Å²) in [6.07, 6.45) is 12.0. The summed E-state index contributed by atoms with van der Waals surface area (Å²) in [4.78, 5) is 0. The van der Waals surface area contributed by atoms with Crippen LogP contribution < -0.4 is 0 Å². The van der Waals surface area contributed by atoms with E-state index in [2.05, 4.69) is 0 Å². The van der Waals surface area contributed by atoms with Gasteiger partial charge in [-0.2, -0.15) is 0 Å². The van der Waals surface area contributed by atoms with E-state index in [0.29, 0.717) is 6.10 Å². The van der Waals surface area contributed by atoms with Crippen LogP contribution in [-0.4, -0.2) is 13.2 Å². The number of methoxy groups -OCH3 is 1. The highest BCUT2D eigenvalue weighted by atomic mass is 16.5. The van der Waals surface area contributed by atoms with E-state index in [0.717, 1.165) is 5.41 Å². The minimum atomic E-state index is 0.580. The first-order valence-electron chi connectivity index (χ1n) is 5.37. The van der Waals surface area contributed by atoms with Crippen LogP contribution in [0.25, 0.3) is 0 Å². The van der Waals surface area contributed by atoms with Crippen LogP contribution in [0.4, 0.5) is 0 Å². The molecule has 1 nitrogen and oxygen atoms in total. The summed E-state index contributed by atoms with van der Waals surface area (Å²) < 4.78 is 5.48. The molecule has 1 atom stereocenters. The van der Waals surface area contributed by atoms with Gasteiger partial charge in [0.25, 0.3) is 0 Å². The molecular formula is C11H20O. The predicted molar refractivity (Wildman–Crippen MR) is 50.2 cm³/mol. The molecular weight excluding hydrogens is 148 g/mol. The average Bonchev–Trinajstić information content (AvgIpc) is 2.53. The molecule has 2 fully saturated rings. The molecule has 0 radical (unpaired) electrons. The SMILES string of the molecule is COC1CCCC2(CCCC2)C1. The molecule has 2 aliphatic carbocycles. The molecule has 0 aromatic rings. The Labute approximate surface area is 75.5 Å². The van der Waals surface area contributed by atoms with Gasteiger partial charge in [0, 0.05) is 7.11 Å². The largest absolute Gasteiger partial charge is 0.381 e. The fraction of sp³-hybridized carbons (Fsp3) is 1.00. The van der Waals surface area contributed by atoms with Crippen molar-refractivity contribution in [1.82, 2.24) is 0 Å². The smallest absolute Gasteiger partial charge is 0.0576 e. The molecule has 0 amide bonds. The van der Waals surface area contributed by atoms with Crippen LogP contribution in [0.1, 0.15) is 51.4 Å². The molecule has 0 heterocycles. The lowest BCUT2D eigenvalue weighted by Gasteiger charge is -2.37. The predicted octanol–water partition coefficient (Wildman–Crippen LogP) is 3.14. The Morgan fingerprint density at radius 1 is 1.08 bits per heavy atom. The van der Waals surface area contributed by atoms with Crippen molar-refractivity contribution in [2.45, 2.75) is 57.5 Å². The van der Waals surface area contributed by atoms with Gasteiger partial charge in [-0.15, -0.1) is 0 Å². The highest BCUT2D eigenvalue weighted by Gasteiger charge is 2.38. The Morgan fingerprint density at radius 2 is 1.75 bits per heavy atom. The molecule has 0 aliphatic heterocycles. The van der Waals surface area contributed by atoms with Crippen LogP contribution in [0.15, 0.2) is 0 Å². The van der Waals surface area contributed by atoms with Crippen molar-refractivity contribution in [3.8, 4) is 0 Å². The Hall–Kier alpha value is -0.0400. The molecule has 0 aromatic carbocycles. The molecule has 2 aliphatic rings. The Balaban J connectivity index is 1.97. The molecule has 0 saturated heterocycles. The third-order valence-corrected chi connectivity index (χ3v) is 3.89.